The molecule has 0 bridgehead atoms. The number of sulfone groups is 1. The molecule has 1 saturated heterocycles. The van der Waals surface area contributed by atoms with Crippen molar-refractivity contribution in [1.82, 2.24) is 9.62 Å². The van der Waals surface area contributed by atoms with Gasteiger partial charge in [0.05, 0.1) is 5.75 Å². The lowest BCUT2D eigenvalue weighted by atomic mass is 10.4. The normalized spacial score (nSPS) is 21.8. The fourth-order valence-electron chi connectivity index (χ4n) is 2.12. The first-order chi connectivity index (χ1) is 9.70. The minimum atomic E-state index is -3.52. The van der Waals surface area contributed by atoms with E-state index in [1.165, 1.54) is 16.1 Å². The predicted octanol–water partition coefficient (Wildman–Crippen LogP) is 0.514. The van der Waals surface area contributed by atoms with Gasteiger partial charge < -0.3 is 5.32 Å². The SMILES string of the molecule is CCS(=O)(=O)C1CSCCN1S(=O)(=O)CCCNC(C)C. The Morgan fingerprint density at radius 1 is 1.29 bits per heavy atom. The van der Waals surface area contributed by atoms with E-state index in [-0.39, 0.29) is 18.1 Å². The van der Waals surface area contributed by atoms with Crippen LogP contribution in [0.2, 0.25) is 0 Å². The molecule has 1 unspecified atom stereocenters. The Balaban J connectivity index is 2.74. The summed E-state index contributed by atoms with van der Waals surface area (Å²) in [5.41, 5.74) is 0. The average molecular weight is 359 g/mol. The number of nitrogens with one attached hydrogen (secondary N) is 1. The molecule has 1 aliphatic rings. The van der Waals surface area contributed by atoms with E-state index in [9.17, 15) is 16.8 Å². The van der Waals surface area contributed by atoms with Crippen LogP contribution in [0.5, 0.6) is 0 Å². The van der Waals surface area contributed by atoms with Gasteiger partial charge >= 0.3 is 0 Å². The second-order valence-corrected chi connectivity index (χ2v) is 11.0. The maximum Gasteiger partial charge on any atom is 0.215 e. The van der Waals surface area contributed by atoms with Gasteiger partial charge in [0.15, 0.2) is 9.84 Å². The van der Waals surface area contributed by atoms with Crippen LogP contribution in [0, 0.1) is 0 Å². The zero-order valence-corrected chi connectivity index (χ0v) is 15.4. The van der Waals surface area contributed by atoms with E-state index in [2.05, 4.69) is 5.32 Å². The van der Waals surface area contributed by atoms with Crippen LogP contribution < -0.4 is 5.32 Å². The summed E-state index contributed by atoms with van der Waals surface area (Å²) in [5, 5.41) is 2.27. The van der Waals surface area contributed by atoms with Gasteiger partial charge in [0.25, 0.3) is 0 Å². The molecule has 1 fully saturated rings. The first-order valence-corrected chi connectivity index (χ1v) is 11.7. The van der Waals surface area contributed by atoms with Gasteiger partial charge in [-0.25, -0.2) is 16.8 Å². The fourth-order valence-corrected chi connectivity index (χ4v) is 7.50. The van der Waals surface area contributed by atoms with E-state index >= 15 is 0 Å². The lowest BCUT2D eigenvalue weighted by Gasteiger charge is -2.33. The van der Waals surface area contributed by atoms with Crippen molar-refractivity contribution in [3.8, 4) is 0 Å². The van der Waals surface area contributed by atoms with Crippen molar-refractivity contribution in [3.63, 3.8) is 0 Å². The summed E-state index contributed by atoms with van der Waals surface area (Å²) < 4.78 is 50.3. The Hall–Kier alpha value is 0.170. The van der Waals surface area contributed by atoms with E-state index in [0.717, 1.165) is 0 Å². The van der Waals surface area contributed by atoms with Gasteiger partial charge in [0, 0.05) is 29.8 Å². The molecule has 0 aromatic carbocycles. The summed E-state index contributed by atoms with van der Waals surface area (Å²) in [6, 6.07) is 0.312. The van der Waals surface area contributed by atoms with Gasteiger partial charge in [-0.2, -0.15) is 16.1 Å². The monoisotopic (exact) mass is 358 g/mol. The summed E-state index contributed by atoms with van der Waals surface area (Å²) in [4.78, 5) is 0. The minimum absolute atomic E-state index is 0.00682. The largest absolute Gasteiger partial charge is 0.314 e. The lowest BCUT2D eigenvalue weighted by molar-refractivity contribution is 0.402. The van der Waals surface area contributed by atoms with Crippen LogP contribution in [0.15, 0.2) is 0 Å². The number of sulfonamides is 1. The first-order valence-electron chi connectivity index (χ1n) is 7.23. The van der Waals surface area contributed by atoms with Crippen LogP contribution in [0.1, 0.15) is 27.2 Å². The van der Waals surface area contributed by atoms with E-state index in [0.29, 0.717) is 30.5 Å². The number of thioether (sulfide) groups is 1. The highest BCUT2D eigenvalue weighted by Crippen LogP contribution is 2.24. The predicted molar refractivity (Wildman–Crippen MR) is 88.8 cm³/mol. The van der Waals surface area contributed by atoms with Crippen LogP contribution >= 0.6 is 11.8 Å². The average Bonchev–Trinajstić information content (AvgIpc) is 2.43. The second-order valence-electron chi connectivity index (χ2n) is 5.37. The summed E-state index contributed by atoms with van der Waals surface area (Å²) in [7, 11) is -6.91. The zero-order valence-electron chi connectivity index (χ0n) is 12.9. The summed E-state index contributed by atoms with van der Waals surface area (Å²) in [6.07, 6.45) is 0.489. The Bertz CT molecular complexity index is 517. The Kier molecular flexibility index (Phi) is 7.45. The van der Waals surface area contributed by atoms with E-state index in [1.807, 2.05) is 13.8 Å². The van der Waals surface area contributed by atoms with Gasteiger partial charge in [0.1, 0.15) is 5.37 Å². The quantitative estimate of drug-likeness (QED) is 0.637. The zero-order chi connectivity index (χ0) is 16.1. The van der Waals surface area contributed by atoms with E-state index < -0.39 is 25.2 Å². The van der Waals surface area contributed by atoms with Crippen LogP contribution in [-0.4, -0.2) is 68.7 Å². The molecule has 0 aromatic rings. The Morgan fingerprint density at radius 3 is 2.52 bits per heavy atom. The van der Waals surface area contributed by atoms with E-state index in [4.69, 9.17) is 0 Å². The highest BCUT2D eigenvalue weighted by atomic mass is 32.2. The summed E-state index contributed by atoms with van der Waals surface area (Å²) >= 11 is 1.50. The van der Waals surface area contributed by atoms with Crippen LogP contribution in [0.3, 0.4) is 0 Å². The molecule has 1 rings (SSSR count). The Labute approximate surface area is 133 Å². The molecule has 0 aromatic heterocycles. The molecular formula is C12H26N2O4S3. The maximum absolute atomic E-state index is 12.4. The molecule has 1 heterocycles. The van der Waals surface area contributed by atoms with Gasteiger partial charge in [0.2, 0.25) is 10.0 Å². The molecule has 9 heteroatoms. The van der Waals surface area contributed by atoms with Gasteiger partial charge in [-0.05, 0) is 13.0 Å². The number of nitrogens with zero attached hydrogens (tertiary/aromatic N) is 1. The van der Waals surface area contributed by atoms with Crippen molar-refractivity contribution in [2.24, 2.45) is 0 Å². The number of rotatable bonds is 8. The summed E-state index contributed by atoms with van der Waals surface area (Å²) in [5.74, 6) is 0.950. The summed E-state index contributed by atoms with van der Waals surface area (Å²) in [6.45, 7) is 6.46. The molecule has 0 aliphatic carbocycles. The fraction of sp³-hybridized carbons (Fsp3) is 1.00. The van der Waals surface area contributed by atoms with Crippen molar-refractivity contribution in [2.75, 3.05) is 36.1 Å². The van der Waals surface area contributed by atoms with Gasteiger partial charge in [-0.1, -0.05) is 20.8 Å². The molecule has 6 nitrogen and oxygen atoms in total. The molecule has 1 atom stereocenters. The minimum Gasteiger partial charge on any atom is -0.314 e. The molecule has 1 N–H and O–H groups in total. The first kappa shape index (κ1) is 19.2. The lowest BCUT2D eigenvalue weighted by Crippen LogP contribution is -2.51. The van der Waals surface area contributed by atoms with Gasteiger partial charge in [-0.3, -0.25) is 0 Å². The highest BCUT2D eigenvalue weighted by molar-refractivity contribution is 8.01. The third-order valence-electron chi connectivity index (χ3n) is 3.34. The highest BCUT2D eigenvalue weighted by Gasteiger charge is 2.39. The van der Waals surface area contributed by atoms with Crippen LogP contribution in [0.4, 0.5) is 0 Å². The number of hydrogen-bond acceptors (Lipinski definition) is 6. The van der Waals surface area contributed by atoms with Crippen molar-refractivity contribution in [2.45, 2.75) is 38.6 Å². The third-order valence-corrected chi connectivity index (χ3v) is 8.72. The third kappa shape index (κ3) is 5.70. The molecule has 0 amide bonds. The smallest absolute Gasteiger partial charge is 0.215 e. The molecule has 21 heavy (non-hydrogen) atoms. The molecule has 0 radical (unpaired) electrons. The molecule has 0 spiro atoms. The Morgan fingerprint density at radius 2 is 1.95 bits per heavy atom. The van der Waals surface area contributed by atoms with Crippen molar-refractivity contribution < 1.29 is 16.8 Å². The maximum atomic E-state index is 12.4. The standard InChI is InChI=1S/C12H26N2O4S3/c1-4-20(15,16)12-10-19-8-7-14(12)21(17,18)9-5-6-13-11(2)3/h11-13H,4-10H2,1-3H3. The number of hydrogen-bond donors (Lipinski definition) is 1. The topological polar surface area (TPSA) is 83.6 Å². The van der Waals surface area contributed by atoms with Crippen LogP contribution in [-0.2, 0) is 19.9 Å². The van der Waals surface area contributed by atoms with Crippen molar-refractivity contribution >= 4 is 31.6 Å². The molecule has 126 valence electrons. The van der Waals surface area contributed by atoms with Crippen molar-refractivity contribution in [3.05, 3.63) is 0 Å². The van der Waals surface area contributed by atoms with Gasteiger partial charge in [-0.15, -0.1) is 0 Å². The van der Waals surface area contributed by atoms with E-state index in [1.54, 1.807) is 6.92 Å². The molecule has 1 aliphatic heterocycles. The second kappa shape index (κ2) is 8.14. The molecular weight excluding hydrogens is 332 g/mol. The van der Waals surface area contributed by atoms with Crippen LogP contribution in [0.25, 0.3) is 0 Å². The molecule has 0 saturated carbocycles. The van der Waals surface area contributed by atoms with Crippen molar-refractivity contribution in [1.29, 1.82) is 0 Å².